The van der Waals surface area contributed by atoms with Crippen molar-refractivity contribution in [2.24, 2.45) is 0 Å². The van der Waals surface area contributed by atoms with Gasteiger partial charge in [0, 0.05) is 24.2 Å². The van der Waals surface area contributed by atoms with Gasteiger partial charge in [-0.25, -0.2) is 14.2 Å². The average molecular weight is 442 g/mol. The second-order valence-corrected chi connectivity index (χ2v) is 8.07. The number of hydrogen-bond donors (Lipinski definition) is 2. The van der Waals surface area contributed by atoms with Crippen LogP contribution in [0, 0.1) is 6.92 Å². The Kier molecular flexibility index (Phi) is 6.59. The van der Waals surface area contributed by atoms with Crippen molar-refractivity contribution in [1.82, 2.24) is 19.4 Å². The fraction of sp³-hybridized carbons (Fsp3) is 0.391. The van der Waals surface area contributed by atoms with Gasteiger partial charge in [0.2, 0.25) is 5.91 Å². The molecule has 2 amide bonds. The van der Waals surface area contributed by atoms with Crippen molar-refractivity contribution in [3.63, 3.8) is 0 Å². The zero-order valence-corrected chi connectivity index (χ0v) is 18.6. The zero-order valence-electron chi connectivity index (χ0n) is 18.6. The monoisotopic (exact) mass is 442 g/mol. The highest BCUT2D eigenvalue weighted by molar-refractivity contribution is 6.04. The summed E-state index contributed by atoms with van der Waals surface area (Å²) < 4.78 is 16.0. The number of aryl methyl sites for hydroxylation is 2. The van der Waals surface area contributed by atoms with Crippen LogP contribution >= 0.6 is 0 Å². The quantitative estimate of drug-likeness (QED) is 0.585. The van der Waals surface area contributed by atoms with Crippen molar-refractivity contribution >= 4 is 23.0 Å². The van der Waals surface area contributed by atoms with Crippen molar-refractivity contribution in [3.8, 4) is 11.1 Å². The number of nitrogens with one attached hydrogen (secondary N) is 1. The van der Waals surface area contributed by atoms with Crippen molar-refractivity contribution < 1.29 is 19.1 Å². The number of imidazole rings is 1. The highest BCUT2D eigenvalue weighted by Gasteiger charge is 2.30. The van der Waals surface area contributed by atoms with Gasteiger partial charge >= 0.3 is 5.69 Å². The minimum atomic E-state index is -0.883. The lowest BCUT2D eigenvalue weighted by Gasteiger charge is -2.27. The molecule has 8 nitrogen and oxygen atoms in total. The van der Waals surface area contributed by atoms with Crippen LogP contribution in [0.4, 0.5) is 4.39 Å². The van der Waals surface area contributed by atoms with E-state index in [1.165, 1.54) is 16.1 Å². The molecule has 0 bridgehead atoms. The van der Waals surface area contributed by atoms with Crippen LogP contribution in [0.5, 0.6) is 0 Å². The lowest BCUT2D eigenvalue weighted by molar-refractivity contribution is -0.118. The van der Waals surface area contributed by atoms with Gasteiger partial charge in [-0.3, -0.25) is 24.0 Å². The molecule has 1 atom stereocenters. The number of fused-ring (bicyclic) bond motifs is 1. The van der Waals surface area contributed by atoms with Gasteiger partial charge in [-0.1, -0.05) is 13.0 Å². The Bertz CT molecular complexity index is 1240. The first kappa shape index (κ1) is 23.3. The number of aliphatic hydroxyl groups is 1. The van der Waals surface area contributed by atoms with Crippen molar-refractivity contribution in [2.75, 3.05) is 13.3 Å². The molecule has 0 aliphatic heterocycles. The summed E-state index contributed by atoms with van der Waals surface area (Å²) in [5.74, 6) is -0.977. The number of hydrogen-bond acceptors (Lipinski definition) is 5. The molecule has 2 N–H and O–H groups in total. The molecular weight excluding hydrogens is 415 g/mol. The summed E-state index contributed by atoms with van der Waals surface area (Å²) in [5.41, 5.74) is 1.97. The van der Waals surface area contributed by atoms with Gasteiger partial charge in [0.15, 0.2) is 5.65 Å². The summed E-state index contributed by atoms with van der Waals surface area (Å²) in [6.07, 6.45) is 2.06. The molecule has 0 spiro atoms. The number of amides is 2. The van der Waals surface area contributed by atoms with Gasteiger partial charge in [0.1, 0.15) is 6.67 Å². The summed E-state index contributed by atoms with van der Waals surface area (Å²) in [6, 6.07) is 6.76. The van der Waals surface area contributed by atoms with E-state index in [0.29, 0.717) is 34.3 Å². The number of halogens is 1. The van der Waals surface area contributed by atoms with Gasteiger partial charge in [-0.2, -0.15) is 0 Å². The lowest BCUT2D eigenvalue weighted by Crippen LogP contribution is -2.41. The Morgan fingerprint density at radius 1 is 1.28 bits per heavy atom. The molecule has 3 rings (SSSR count). The van der Waals surface area contributed by atoms with E-state index < -0.39 is 29.7 Å². The molecule has 32 heavy (non-hydrogen) atoms. The summed E-state index contributed by atoms with van der Waals surface area (Å²) >= 11 is 0. The summed E-state index contributed by atoms with van der Waals surface area (Å²) in [5, 5.41) is 12.2. The van der Waals surface area contributed by atoms with Crippen molar-refractivity contribution in [3.05, 3.63) is 52.1 Å². The zero-order chi connectivity index (χ0) is 23.6. The Morgan fingerprint density at radius 2 is 2.00 bits per heavy atom. The summed E-state index contributed by atoms with van der Waals surface area (Å²) in [6.45, 7) is 5.60. The summed E-state index contributed by atoms with van der Waals surface area (Å²) in [4.78, 5) is 41.1. The molecule has 1 aromatic carbocycles. The van der Waals surface area contributed by atoms with E-state index in [4.69, 9.17) is 0 Å². The number of aliphatic hydroxyl groups excluding tert-OH is 1. The largest absolute Gasteiger partial charge is 0.394 e. The molecule has 0 radical (unpaired) electrons. The predicted molar refractivity (Wildman–Crippen MR) is 119 cm³/mol. The first-order valence-electron chi connectivity index (χ1n) is 10.4. The maximum atomic E-state index is 13.3. The van der Waals surface area contributed by atoms with E-state index in [0.717, 1.165) is 5.56 Å². The number of benzene rings is 1. The van der Waals surface area contributed by atoms with Gasteiger partial charge in [-0.05, 0) is 49.6 Å². The Hall–Kier alpha value is -3.33. The third kappa shape index (κ3) is 4.08. The number of carbonyl (C=O) groups excluding carboxylic acids is 2. The Balaban J connectivity index is 2.23. The molecular formula is C23H27FN4O4. The van der Waals surface area contributed by atoms with Crippen LogP contribution in [0.25, 0.3) is 22.3 Å². The van der Waals surface area contributed by atoms with E-state index in [1.807, 2.05) is 13.8 Å². The minimum absolute atomic E-state index is 0.140. The van der Waals surface area contributed by atoms with Crippen LogP contribution < -0.4 is 11.0 Å². The molecule has 0 aliphatic rings. The number of rotatable bonds is 7. The predicted octanol–water partition coefficient (Wildman–Crippen LogP) is 2.54. The molecule has 0 saturated carbocycles. The van der Waals surface area contributed by atoms with Crippen LogP contribution in [-0.4, -0.2) is 44.3 Å². The maximum Gasteiger partial charge on any atom is 0.331 e. The molecule has 0 saturated heterocycles. The number of carbonyl (C=O) groups is 2. The second kappa shape index (κ2) is 9.04. The number of pyridine rings is 1. The Morgan fingerprint density at radius 3 is 2.59 bits per heavy atom. The number of imide groups is 1. The third-order valence-electron chi connectivity index (χ3n) is 5.82. The van der Waals surface area contributed by atoms with E-state index in [2.05, 4.69) is 10.3 Å². The molecule has 0 fully saturated rings. The van der Waals surface area contributed by atoms with Crippen molar-refractivity contribution in [2.45, 2.75) is 46.2 Å². The average Bonchev–Trinajstić information content (AvgIpc) is 3.04. The number of aromatic nitrogens is 3. The third-order valence-corrected chi connectivity index (χ3v) is 5.82. The SMILES string of the molecule is CCC(C)(CO)n1c(=O)n(CCF)c2cc(-c3cc(C(=O)NC(C)=O)ccc3C)cnc21. The lowest BCUT2D eigenvalue weighted by atomic mass is 9.98. The number of alkyl halides is 1. The smallest absolute Gasteiger partial charge is 0.331 e. The van der Waals surface area contributed by atoms with Crippen LogP contribution in [0.1, 0.15) is 43.1 Å². The molecule has 1 unspecified atom stereocenters. The topological polar surface area (TPSA) is 106 Å². The van der Waals surface area contributed by atoms with Crippen LogP contribution in [-0.2, 0) is 16.9 Å². The van der Waals surface area contributed by atoms with Gasteiger partial charge in [0.25, 0.3) is 5.91 Å². The van der Waals surface area contributed by atoms with Crippen LogP contribution in [0.3, 0.4) is 0 Å². The molecule has 2 aromatic heterocycles. The molecule has 170 valence electrons. The van der Waals surface area contributed by atoms with Crippen molar-refractivity contribution in [1.29, 1.82) is 0 Å². The van der Waals surface area contributed by atoms with E-state index in [9.17, 15) is 23.9 Å². The van der Waals surface area contributed by atoms with Gasteiger partial charge in [0.05, 0.1) is 24.2 Å². The standard InChI is InChI=1S/C23H27FN4O4/c1-5-23(4,13-29)28-20-19(27(9-8-24)22(28)32)11-17(12-25-20)18-10-16(7-6-14(18)2)21(31)26-15(3)30/h6-7,10-12,29H,5,8-9,13H2,1-4H3,(H,26,30,31). The van der Waals surface area contributed by atoms with Crippen LogP contribution in [0.15, 0.2) is 35.3 Å². The highest BCUT2D eigenvalue weighted by atomic mass is 19.1. The first-order valence-corrected chi connectivity index (χ1v) is 10.4. The minimum Gasteiger partial charge on any atom is -0.394 e. The van der Waals surface area contributed by atoms with Crippen LogP contribution in [0.2, 0.25) is 0 Å². The number of nitrogens with zero attached hydrogens (tertiary/aromatic N) is 3. The summed E-state index contributed by atoms with van der Waals surface area (Å²) in [7, 11) is 0. The van der Waals surface area contributed by atoms with E-state index in [-0.39, 0.29) is 13.2 Å². The first-order chi connectivity index (χ1) is 15.2. The van der Waals surface area contributed by atoms with E-state index >= 15 is 0 Å². The van der Waals surface area contributed by atoms with Gasteiger partial charge < -0.3 is 5.11 Å². The maximum absolute atomic E-state index is 13.3. The molecule has 3 aromatic rings. The second-order valence-electron chi connectivity index (χ2n) is 8.07. The fourth-order valence-corrected chi connectivity index (χ4v) is 3.71. The fourth-order valence-electron chi connectivity index (χ4n) is 3.71. The normalized spacial score (nSPS) is 13.2. The molecule has 2 heterocycles. The molecule has 9 heteroatoms. The highest BCUT2D eigenvalue weighted by Crippen LogP contribution is 2.29. The van der Waals surface area contributed by atoms with Gasteiger partial charge in [-0.15, -0.1) is 0 Å². The Labute approximate surface area is 184 Å². The van der Waals surface area contributed by atoms with E-state index in [1.54, 1.807) is 37.4 Å². The molecule has 0 aliphatic carbocycles.